The van der Waals surface area contributed by atoms with Gasteiger partial charge in [-0.25, -0.2) is 0 Å². The van der Waals surface area contributed by atoms with Crippen molar-refractivity contribution in [2.75, 3.05) is 23.3 Å². The number of ether oxygens (including phenoxy) is 1. The van der Waals surface area contributed by atoms with Crippen molar-refractivity contribution in [3.63, 3.8) is 0 Å². The first kappa shape index (κ1) is 22.3. The number of hydrogen-bond donors (Lipinski definition) is 1. The normalized spacial score (nSPS) is 16.9. The Bertz CT molecular complexity index is 1140. The molecular weight excluding hydrogens is 422 g/mol. The van der Waals surface area contributed by atoms with Crippen molar-refractivity contribution in [3.05, 3.63) is 65.7 Å². The fraction of sp³-hybridized carbons (Fsp3) is 0.280. The lowest BCUT2D eigenvalue weighted by Crippen LogP contribution is -2.45. The van der Waals surface area contributed by atoms with Gasteiger partial charge in [-0.3, -0.25) is 24.1 Å². The molecule has 2 aromatic rings. The number of benzene rings is 2. The summed E-state index contributed by atoms with van der Waals surface area (Å²) in [5.74, 6) is -0.527. The van der Waals surface area contributed by atoms with Crippen molar-refractivity contribution < 1.29 is 23.9 Å². The second kappa shape index (κ2) is 8.90. The summed E-state index contributed by atoms with van der Waals surface area (Å²) in [4.78, 5) is 52.7. The second-order valence-electron chi connectivity index (χ2n) is 8.28. The van der Waals surface area contributed by atoms with Crippen LogP contribution in [0.4, 0.5) is 11.4 Å². The highest BCUT2D eigenvalue weighted by molar-refractivity contribution is 6.21. The van der Waals surface area contributed by atoms with Crippen molar-refractivity contribution >= 4 is 35.0 Å². The van der Waals surface area contributed by atoms with E-state index in [1.807, 2.05) is 6.92 Å². The van der Waals surface area contributed by atoms with Crippen LogP contribution in [-0.4, -0.2) is 47.7 Å². The minimum absolute atomic E-state index is 0.131. The van der Waals surface area contributed by atoms with Crippen LogP contribution < -0.4 is 15.0 Å². The Hall–Kier alpha value is -3.94. The van der Waals surface area contributed by atoms with Crippen molar-refractivity contribution in [2.45, 2.75) is 32.8 Å². The predicted octanol–water partition coefficient (Wildman–Crippen LogP) is 3.39. The number of fused-ring (bicyclic) bond motifs is 2. The van der Waals surface area contributed by atoms with Gasteiger partial charge in [0.1, 0.15) is 5.75 Å². The van der Waals surface area contributed by atoms with Gasteiger partial charge in [-0.15, -0.1) is 0 Å². The van der Waals surface area contributed by atoms with Crippen LogP contribution in [0, 0.1) is 0 Å². The molecule has 1 unspecified atom stereocenters. The first-order chi connectivity index (χ1) is 15.8. The third kappa shape index (κ3) is 4.37. The molecule has 0 fully saturated rings. The van der Waals surface area contributed by atoms with Gasteiger partial charge in [0, 0.05) is 25.2 Å². The zero-order valence-corrected chi connectivity index (χ0v) is 18.6. The summed E-state index contributed by atoms with van der Waals surface area (Å²) in [7, 11) is 0. The number of nitrogens with one attached hydrogen (secondary N) is 1. The van der Waals surface area contributed by atoms with Crippen LogP contribution in [0.25, 0.3) is 0 Å². The monoisotopic (exact) mass is 447 g/mol. The number of amides is 4. The molecule has 4 amide bonds. The first-order valence-corrected chi connectivity index (χ1v) is 10.8. The Balaban J connectivity index is 1.37. The number of carbonyl (C=O) groups is 4. The molecule has 2 aromatic carbocycles. The fourth-order valence-corrected chi connectivity index (χ4v) is 3.98. The molecule has 0 saturated heterocycles. The summed E-state index contributed by atoms with van der Waals surface area (Å²) >= 11 is 0. The molecule has 0 aliphatic carbocycles. The highest BCUT2D eigenvalue weighted by Crippen LogP contribution is 2.36. The van der Waals surface area contributed by atoms with E-state index in [1.54, 1.807) is 54.3 Å². The molecule has 8 nitrogen and oxygen atoms in total. The molecule has 0 saturated carbocycles. The largest absolute Gasteiger partial charge is 0.479 e. The maximum Gasteiger partial charge on any atom is 0.268 e. The Labute approximate surface area is 191 Å². The van der Waals surface area contributed by atoms with E-state index >= 15 is 0 Å². The van der Waals surface area contributed by atoms with Gasteiger partial charge in [-0.05, 0) is 50.6 Å². The van der Waals surface area contributed by atoms with Gasteiger partial charge in [-0.1, -0.05) is 24.3 Å². The van der Waals surface area contributed by atoms with E-state index < -0.39 is 6.10 Å². The zero-order valence-electron chi connectivity index (χ0n) is 18.6. The summed E-state index contributed by atoms with van der Waals surface area (Å²) in [6, 6.07) is 11.8. The average Bonchev–Trinajstić information content (AvgIpc) is 3.02. The van der Waals surface area contributed by atoms with Crippen molar-refractivity contribution in [1.82, 2.24) is 4.90 Å². The van der Waals surface area contributed by atoms with Gasteiger partial charge in [0.2, 0.25) is 5.91 Å². The molecule has 0 spiro atoms. The van der Waals surface area contributed by atoms with Crippen LogP contribution in [-0.2, 0) is 9.59 Å². The van der Waals surface area contributed by atoms with E-state index in [-0.39, 0.29) is 36.6 Å². The smallest absolute Gasteiger partial charge is 0.268 e. The number of hydrogen-bond acceptors (Lipinski definition) is 5. The number of imide groups is 1. The SMILES string of the molecule is C=C(C)CN1C(=O)C(C)Oc2ccc(NC(=O)CCCN3C(=O)c4ccccc4C3=O)cc21. The topological polar surface area (TPSA) is 96.0 Å². The molecule has 4 rings (SSSR count). The maximum atomic E-state index is 12.6. The van der Waals surface area contributed by atoms with E-state index in [2.05, 4.69) is 11.9 Å². The summed E-state index contributed by atoms with van der Waals surface area (Å²) in [5.41, 5.74) is 2.71. The molecular formula is C25H25N3O5. The molecule has 1 N–H and O–H groups in total. The standard InChI is InChI=1S/C25H25N3O5/c1-15(2)14-28-20-13-17(10-11-21(20)33-16(3)23(28)30)26-22(29)9-6-12-27-24(31)18-7-4-5-8-19(18)25(27)32/h4-5,7-8,10-11,13,16H,1,6,9,12,14H2,2-3H3,(H,26,29). The summed E-state index contributed by atoms with van der Waals surface area (Å²) in [6.07, 6.45) is -0.130. The van der Waals surface area contributed by atoms with Crippen molar-refractivity contribution in [3.8, 4) is 5.75 Å². The van der Waals surface area contributed by atoms with E-state index in [0.29, 0.717) is 41.2 Å². The third-order valence-electron chi connectivity index (χ3n) is 5.54. The quantitative estimate of drug-likeness (QED) is 0.519. The number of rotatable bonds is 7. The molecule has 2 heterocycles. The minimum Gasteiger partial charge on any atom is -0.479 e. The molecule has 0 aromatic heterocycles. The minimum atomic E-state index is -0.598. The number of anilines is 2. The van der Waals surface area contributed by atoms with Crippen LogP contribution >= 0.6 is 0 Å². The Morgan fingerprint density at radius 3 is 2.36 bits per heavy atom. The van der Waals surface area contributed by atoms with E-state index in [4.69, 9.17) is 4.74 Å². The van der Waals surface area contributed by atoms with Gasteiger partial charge in [0.15, 0.2) is 6.10 Å². The van der Waals surface area contributed by atoms with Crippen LogP contribution in [0.5, 0.6) is 5.75 Å². The summed E-state index contributed by atoms with van der Waals surface area (Å²) in [6.45, 7) is 7.94. The van der Waals surface area contributed by atoms with Gasteiger partial charge >= 0.3 is 0 Å². The van der Waals surface area contributed by atoms with Gasteiger partial charge < -0.3 is 15.0 Å². The van der Waals surface area contributed by atoms with E-state index in [9.17, 15) is 19.2 Å². The van der Waals surface area contributed by atoms with Crippen LogP contribution in [0.15, 0.2) is 54.6 Å². The highest BCUT2D eigenvalue weighted by Gasteiger charge is 2.35. The Morgan fingerprint density at radius 2 is 1.73 bits per heavy atom. The molecule has 0 radical (unpaired) electrons. The molecule has 2 aliphatic heterocycles. The zero-order chi connectivity index (χ0) is 23.7. The molecule has 170 valence electrons. The predicted molar refractivity (Wildman–Crippen MR) is 123 cm³/mol. The maximum absolute atomic E-state index is 12.6. The molecule has 1 atom stereocenters. The van der Waals surface area contributed by atoms with Crippen LogP contribution in [0.2, 0.25) is 0 Å². The summed E-state index contributed by atoms with van der Waals surface area (Å²) < 4.78 is 5.68. The van der Waals surface area contributed by atoms with Gasteiger partial charge in [0.25, 0.3) is 17.7 Å². The fourth-order valence-electron chi connectivity index (χ4n) is 3.98. The third-order valence-corrected chi connectivity index (χ3v) is 5.54. The van der Waals surface area contributed by atoms with Gasteiger partial charge in [-0.2, -0.15) is 0 Å². The first-order valence-electron chi connectivity index (χ1n) is 10.8. The van der Waals surface area contributed by atoms with Crippen molar-refractivity contribution in [1.29, 1.82) is 0 Å². The van der Waals surface area contributed by atoms with Gasteiger partial charge in [0.05, 0.1) is 16.8 Å². The Morgan fingerprint density at radius 1 is 1.06 bits per heavy atom. The van der Waals surface area contributed by atoms with Crippen molar-refractivity contribution in [2.24, 2.45) is 0 Å². The lowest BCUT2D eigenvalue weighted by atomic mass is 10.1. The summed E-state index contributed by atoms with van der Waals surface area (Å²) in [5, 5.41) is 2.81. The lowest BCUT2D eigenvalue weighted by Gasteiger charge is -2.33. The molecule has 0 bridgehead atoms. The molecule has 33 heavy (non-hydrogen) atoms. The molecule has 8 heteroatoms. The van der Waals surface area contributed by atoms with E-state index in [0.717, 1.165) is 5.57 Å². The second-order valence-corrected chi connectivity index (χ2v) is 8.28. The molecule has 2 aliphatic rings. The lowest BCUT2D eigenvalue weighted by molar-refractivity contribution is -0.125. The highest BCUT2D eigenvalue weighted by atomic mass is 16.5. The average molecular weight is 447 g/mol. The Kier molecular flexibility index (Phi) is 6.00. The number of nitrogens with zero attached hydrogens (tertiary/aromatic N) is 2. The number of carbonyl (C=O) groups excluding carboxylic acids is 4. The van der Waals surface area contributed by atoms with Crippen LogP contribution in [0.3, 0.4) is 0 Å². The van der Waals surface area contributed by atoms with Crippen LogP contribution in [0.1, 0.15) is 47.4 Å². The van der Waals surface area contributed by atoms with E-state index in [1.165, 1.54) is 4.90 Å².